The number of guanidine groups is 1. The number of carbonyl (C=O) groups excluding carboxylic acids is 1. The SMILES string of the molecule is CN=C(NCCCNC(=O)OC(C)(C)C)NCC(C)Oc1ccccc1F.I. The Morgan fingerprint density at radius 1 is 1.18 bits per heavy atom. The predicted octanol–water partition coefficient (Wildman–Crippen LogP) is 3.29. The molecule has 7 nitrogen and oxygen atoms in total. The Labute approximate surface area is 183 Å². The van der Waals surface area contributed by atoms with E-state index in [0.717, 1.165) is 0 Å². The van der Waals surface area contributed by atoms with Crippen LogP contribution in [0.3, 0.4) is 0 Å². The van der Waals surface area contributed by atoms with Gasteiger partial charge in [-0.25, -0.2) is 9.18 Å². The zero-order valence-corrected chi connectivity index (χ0v) is 19.5. The number of halogens is 2. The zero-order chi connectivity index (χ0) is 20.3. The van der Waals surface area contributed by atoms with E-state index in [2.05, 4.69) is 20.9 Å². The second-order valence-electron chi connectivity index (χ2n) is 7.02. The highest BCUT2D eigenvalue weighted by Gasteiger charge is 2.15. The van der Waals surface area contributed by atoms with Gasteiger partial charge in [0.1, 0.15) is 11.7 Å². The summed E-state index contributed by atoms with van der Waals surface area (Å²) in [5.41, 5.74) is -0.504. The second kappa shape index (κ2) is 13.4. The van der Waals surface area contributed by atoms with E-state index in [9.17, 15) is 9.18 Å². The van der Waals surface area contributed by atoms with Crippen molar-refractivity contribution in [2.24, 2.45) is 4.99 Å². The van der Waals surface area contributed by atoms with Crippen LogP contribution in [0.25, 0.3) is 0 Å². The second-order valence-corrected chi connectivity index (χ2v) is 7.02. The summed E-state index contributed by atoms with van der Waals surface area (Å²) >= 11 is 0. The maximum Gasteiger partial charge on any atom is 0.407 e. The topological polar surface area (TPSA) is 84.0 Å². The normalized spacial score (nSPS) is 12.4. The number of alkyl carbamates (subject to hydrolysis) is 1. The molecule has 0 saturated carbocycles. The lowest BCUT2D eigenvalue weighted by molar-refractivity contribution is 0.0527. The number of hydrogen-bond donors (Lipinski definition) is 3. The van der Waals surface area contributed by atoms with Gasteiger partial charge in [-0.05, 0) is 46.2 Å². The number of benzene rings is 1. The van der Waals surface area contributed by atoms with Gasteiger partial charge in [-0.1, -0.05) is 12.1 Å². The van der Waals surface area contributed by atoms with E-state index < -0.39 is 11.7 Å². The summed E-state index contributed by atoms with van der Waals surface area (Å²) in [5, 5.41) is 8.96. The Balaban J connectivity index is 0.00000729. The first-order chi connectivity index (χ1) is 12.7. The van der Waals surface area contributed by atoms with Crippen LogP contribution < -0.4 is 20.7 Å². The molecule has 1 aromatic carbocycles. The number of para-hydroxylation sites is 1. The Morgan fingerprint density at radius 2 is 1.82 bits per heavy atom. The van der Waals surface area contributed by atoms with E-state index in [4.69, 9.17) is 9.47 Å². The van der Waals surface area contributed by atoms with Gasteiger partial charge in [0.25, 0.3) is 0 Å². The first kappa shape index (κ1) is 26.2. The summed E-state index contributed by atoms with van der Waals surface area (Å²) in [6.45, 7) is 8.88. The standard InChI is InChI=1S/C19H31FN4O3.HI/c1-14(26-16-10-7-6-9-15(16)20)13-24-17(21-5)22-11-8-12-23-18(25)27-19(2,3)4;/h6-7,9-10,14H,8,11-13H2,1-5H3,(H,23,25)(H2,21,22,24);1H. The van der Waals surface area contributed by atoms with Crippen molar-refractivity contribution < 1.29 is 18.7 Å². The Hall–Kier alpha value is -1.78. The number of amides is 1. The fourth-order valence-electron chi connectivity index (χ4n) is 2.06. The summed E-state index contributed by atoms with van der Waals surface area (Å²) in [6.07, 6.45) is 0.0414. The minimum Gasteiger partial charge on any atom is -0.486 e. The molecule has 0 aliphatic heterocycles. The number of aliphatic imine (C=N–C) groups is 1. The van der Waals surface area contributed by atoms with Crippen LogP contribution in [-0.4, -0.2) is 50.4 Å². The molecule has 160 valence electrons. The molecule has 1 amide bonds. The molecule has 28 heavy (non-hydrogen) atoms. The molecule has 0 aliphatic rings. The molecule has 0 fully saturated rings. The Bertz CT molecular complexity index is 623. The smallest absolute Gasteiger partial charge is 0.407 e. The lowest BCUT2D eigenvalue weighted by Gasteiger charge is -2.20. The van der Waals surface area contributed by atoms with Crippen molar-refractivity contribution in [1.82, 2.24) is 16.0 Å². The molecular formula is C19H32FIN4O3. The van der Waals surface area contributed by atoms with Crippen molar-refractivity contribution in [2.75, 3.05) is 26.7 Å². The Morgan fingerprint density at radius 3 is 2.43 bits per heavy atom. The van der Waals surface area contributed by atoms with Crippen molar-refractivity contribution in [3.8, 4) is 5.75 Å². The molecule has 0 bridgehead atoms. The van der Waals surface area contributed by atoms with Gasteiger partial charge < -0.3 is 25.4 Å². The third-order valence-electron chi connectivity index (χ3n) is 3.26. The van der Waals surface area contributed by atoms with Gasteiger partial charge >= 0.3 is 6.09 Å². The van der Waals surface area contributed by atoms with E-state index >= 15 is 0 Å². The average molecular weight is 510 g/mol. The highest BCUT2D eigenvalue weighted by molar-refractivity contribution is 14.0. The summed E-state index contributed by atoms with van der Waals surface area (Å²) in [4.78, 5) is 15.7. The number of carbonyl (C=O) groups is 1. The molecule has 0 radical (unpaired) electrons. The molecule has 0 aliphatic carbocycles. The quantitative estimate of drug-likeness (QED) is 0.217. The van der Waals surface area contributed by atoms with Crippen LogP contribution in [0.15, 0.2) is 29.3 Å². The van der Waals surface area contributed by atoms with E-state index in [1.807, 2.05) is 27.7 Å². The first-order valence-electron chi connectivity index (χ1n) is 9.04. The lowest BCUT2D eigenvalue weighted by Crippen LogP contribution is -2.42. The fourth-order valence-corrected chi connectivity index (χ4v) is 2.06. The maximum absolute atomic E-state index is 13.6. The molecule has 0 heterocycles. The minimum absolute atomic E-state index is 0. The van der Waals surface area contributed by atoms with E-state index in [1.165, 1.54) is 6.07 Å². The van der Waals surface area contributed by atoms with Gasteiger partial charge in [0.15, 0.2) is 17.5 Å². The first-order valence-corrected chi connectivity index (χ1v) is 9.04. The molecule has 1 aromatic rings. The predicted molar refractivity (Wildman–Crippen MR) is 120 cm³/mol. The van der Waals surface area contributed by atoms with Gasteiger partial charge in [-0.3, -0.25) is 4.99 Å². The van der Waals surface area contributed by atoms with Crippen LogP contribution in [0.1, 0.15) is 34.1 Å². The summed E-state index contributed by atoms with van der Waals surface area (Å²) < 4.78 is 24.3. The van der Waals surface area contributed by atoms with Gasteiger partial charge in [-0.2, -0.15) is 0 Å². The van der Waals surface area contributed by atoms with Gasteiger partial charge in [0.05, 0.1) is 6.54 Å². The van der Waals surface area contributed by atoms with Crippen molar-refractivity contribution in [3.05, 3.63) is 30.1 Å². The summed E-state index contributed by atoms with van der Waals surface area (Å²) in [7, 11) is 1.66. The van der Waals surface area contributed by atoms with E-state index in [-0.39, 0.29) is 41.6 Å². The number of nitrogens with zero attached hydrogens (tertiary/aromatic N) is 1. The molecule has 0 spiro atoms. The molecule has 0 saturated heterocycles. The van der Waals surface area contributed by atoms with Crippen LogP contribution in [0.4, 0.5) is 9.18 Å². The molecule has 0 aromatic heterocycles. The van der Waals surface area contributed by atoms with Crippen molar-refractivity contribution in [2.45, 2.75) is 45.8 Å². The van der Waals surface area contributed by atoms with E-state index in [0.29, 0.717) is 32.0 Å². The molecular weight excluding hydrogens is 478 g/mol. The maximum atomic E-state index is 13.6. The number of rotatable bonds is 8. The number of hydrogen-bond acceptors (Lipinski definition) is 4. The van der Waals surface area contributed by atoms with Crippen LogP contribution in [0.2, 0.25) is 0 Å². The fraction of sp³-hybridized carbons (Fsp3) is 0.579. The Kier molecular flexibility index (Phi) is 12.6. The third-order valence-corrected chi connectivity index (χ3v) is 3.26. The van der Waals surface area contributed by atoms with Crippen LogP contribution in [-0.2, 0) is 4.74 Å². The zero-order valence-electron chi connectivity index (χ0n) is 17.2. The minimum atomic E-state index is -0.504. The van der Waals surface area contributed by atoms with Crippen LogP contribution in [0, 0.1) is 5.82 Å². The van der Waals surface area contributed by atoms with Crippen LogP contribution >= 0.6 is 24.0 Å². The lowest BCUT2D eigenvalue weighted by atomic mass is 10.2. The van der Waals surface area contributed by atoms with Crippen molar-refractivity contribution in [1.29, 1.82) is 0 Å². The highest BCUT2D eigenvalue weighted by Crippen LogP contribution is 2.16. The molecule has 1 unspecified atom stereocenters. The average Bonchev–Trinajstić information content (AvgIpc) is 2.57. The monoisotopic (exact) mass is 510 g/mol. The summed E-state index contributed by atoms with van der Waals surface area (Å²) in [5.74, 6) is 0.448. The molecule has 1 rings (SSSR count). The molecule has 1 atom stereocenters. The van der Waals surface area contributed by atoms with Gasteiger partial charge in [0, 0.05) is 20.1 Å². The summed E-state index contributed by atoms with van der Waals surface area (Å²) in [6, 6.07) is 6.30. The highest BCUT2D eigenvalue weighted by atomic mass is 127. The largest absolute Gasteiger partial charge is 0.486 e. The molecule has 3 N–H and O–H groups in total. The number of ether oxygens (including phenoxy) is 2. The molecule has 9 heteroatoms. The van der Waals surface area contributed by atoms with Gasteiger partial charge in [0.2, 0.25) is 0 Å². The van der Waals surface area contributed by atoms with Gasteiger partial charge in [-0.15, -0.1) is 24.0 Å². The third kappa shape index (κ3) is 11.8. The van der Waals surface area contributed by atoms with Crippen molar-refractivity contribution in [3.63, 3.8) is 0 Å². The van der Waals surface area contributed by atoms with E-state index in [1.54, 1.807) is 25.2 Å². The van der Waals surface area contributed by atoms with Crippen LogP contribution in [0.5, 0.6) is 5.75 Å². The van der Waals surface area contributed by atoms with Crippen molar-refractivity contribution >= 4 is 36.0 Å². The number of nitrogens with one attached hydrogen (secondary N) is 3.